The minimum atomic E-state index is -5.28. The summed E-state index contributed by atoms with van der Waals surface area (Å²) in [6.07, 6.45) is -9.20. The number of carboxylic acids is 1. The number of aromatic carboxylic acids is 1. The molecule has 0 aliphatic heterocycles. The Morgan fingerprint density at radius 1 is 1.24 bits per heavy atom. The van der Waals surface area contributed by atoms with Gasteiger partial charge in [0.05, 0.1) is 14.0 Å². The molecule has 29 heavy (non-hydrogen) atoms. The van der Waals surface area contributed by atoms with E-state index in [4.69, 9.17) is 34.5 Å². The van der Waals surface area contributed by atoms with E-state index in [0.29, 0.717) is 6.07 Å². The van der Waals surface area contributed by atoms with Crippen LogP contribution in [0.1, 0.15) is 75.2 Å². The van der Waals surface area contributed by atoms with Gasteiger partial charge < -0.3 is 14.7 Å². The topological polar surface area (TPSA) is 110 Å². The van der Waals surface area contributed by atoms with Gasteiger partial charge in [0.15, 0.2) is 5.75 Å². The number of nitrogens with two attached hydrogens (primary N) is 1. The Morgan fingerprint density at radius 3 is 2.34 bits per heavy atom. The number of sulfonamides is 1. The SMILES string of the molecule is [2H]C([2H])([2H])C([2H])([2H])C([2H])(N(c1cc(C(=O)O)cc(S(N)(=O)=O)c1Oc1ccccc1)C([2H])(C([2H])([2H])[2H])C([2H])([2H])C([2H])([2H])[2H])C([2H])([2H])[2H]. The number of anilines is 1. The van der Waals surface area contributed by atoms with Crippen LogP contribution in [0, 0.1) is 0 Å². The van der Waals surface area contributed by atoms with Gasteiger partial charge in [-0.25, -0.2) is 18.4 Å². The Morgan fingerprint density at radius 2 is 1.86 bits per heavy atom. The maximum Gasteiger partial charge on any atom is 0.335 e. The molecule has 2 rings (SSSR count). The zero-order chi connectivity index (χ0) is 37.2. The minimum absolute atomic E-state index is 0.143. The van der Waals surface area contributed by atoms with Gasteiger partial charge in [-0.1, -0.05) is 31.9 Å². The van der Waals surface area contributed by atoms with Crippen LogP contribution in [0.15, 0.2) is 47.4 Å². The standard InChI is InChI=1S/C21H28N2O5S/c1-5-14(3)23(15(4)6-2)18-12-16(21(24)25)13-19(29(22,26)27)20(18)28-17-10-8-7-9-11-17/h7-15H,5-6H2,1-4H3,(H,24,25)(H2,22,26,27)/i1D3,2D3,3D3,4D3,5D2,6D2,14D,15D. The average molecular weight is 439 g/mol. The van der Waals surface area contributed by atoms with E-state index in [-0.39, 0.29) is 6.07 Å². The molecular formula is C21H28N2O5S. The monoisotopic (exact) mass is 438 g/mol. The van der Waals surface area contributed by atoms with Crippen molar-refractivity contribution in [3.05, 3.63) is 48.0 Å². The van der Waals surface area contributed by atoms with Crippen molar-refractivity contribution in [2.75, 3.05) is 4.90 Å². The number of rotatable bonds is 9. The predicted molar refractivity (Wildman–Crippen MR) is 113 cm³/mol. The molecule has 8 heteroatoms. The molecule has 158 valence electrons. The Hall–Kier alpha value is -2.58. The number of primary sulfonamides is 1. The Labute approximate surface area is 197 Å². The van der Waals surface area contributed by atoms with E-state index in [2.05, 4.69) is 0 Å². The Balaban J connectivity index is 3.64. The third-order valence-electron chi connectivity index (χ3n) is 3.48. The second-order valence-electron chi connectivity index (χ2n) is 5.37. The van der Waals surface area contributed by atoms with E-state index in [1.54, 1.807) is 0 Å². The smallest absolute Gasteiger partial charge is 0.335 e. The van der Waals surface area contributed by atoms with Crippen molar-refractivity contribution in [2.24, 2.45) is 5.14 Å². The van der Waals surface area contributed by atoms with Crippen LogP contribution in [0.4, 0.5) is 5.69 Å². The maximum atomic E-state index is 12.8. The second kappa shape index (κ2) is 9.28. The highest BCUT2D eigenvalue weighted by atomic mass is 32.2. The molecule has 0 amide bonds. The largest absolute Gasteiger partial charge is 0.478 e. The van der Waals surface area contributed by atoms with Crippen molar-refractivity contribution in [3.8, 4) is 11.5 Å². The lowest BCUT2D eigenvalue weighted by molar-refractivity contribution is 0.0696. The van der Waals surface area contributed by atoms with Crippen LogP contribution in [-0.2, 0) is 10.0 Å². The molecular weight excluding hydrogens is 392 g/mol. The summed E-state index contributed by atoms with van der Waals surface area (Å²) in [7, 11) is -5.28. The first-order valence-electron chi connectivity index (χ1n) is 16.6. The highest BCUT2D eigenvalue weighted by molar-refractivity contribution is 7.89. The minimum Gasteiger partial charge on any atom is -0.478 e. The highest BCUT2D eigenvalue weighted by Gasteiger charge is 2.29. The maximum absolute atomic E-state index is 12.8. The summed E-state index contributed by atoms with van der Waals surface area (Å²) in [4.78, 5) is 9.85. The van der Waals surface area contributed by atoms with E-state index in [9.17, 15) is 18.3 Å². The number of para-hydroxylation sites is 1. The third kappa shape index (κ3) is 5.27. The molecule has 2 aromatic carbocycles. The van der Waals surface area contributed by atoms with Crippen molar-refractivity contribution in [2.45, 2.75) is 57.1 Å². The molecule has 7 nitrogen and oxygen atoms in total. The predicted octanol–water partition coefficient (Wildman–Crippen LogP) is 4.23. The van der Waals surface area contributed by atoms with E-state index in [1.165, 1.54) is 18.2 Å². The van der Waals surface area contributed by atoms with Gasteiger partial charge in [0.2, 0.25) is 10.0 Å². The molecule has 0 bridgehead atoms. The summed E-state index contributed by atoms with van der Waals surface area (Å²) in [5.41, 5.74) is -2.96. The molecule has 0 saturated carbocycles. The molecule has 2 atom stereocenters. The van der Waals surface area contributed by atoms with Gasteiger partial charge in [-0.2, -0.15) is 0 Å². The number of carbonyl (C=O) groups is 1. The fraction of sp³-hybridized carbons (Fsp3) is 0.381. The summed E-state index contributed by atoms with van der Waals surface area (Å²) in [6.45, 7) is -17.5. The van der Waals surface area contributed by atoms with E-state index in [0.717, 1.165) is 12.1 Å². The zero-order valence-corrected chi connectivity index (χ0v) is 15.4. The van der Waals surface area contributed by atoms with Crippen molar-refractivity contribution < 1.29 is 47.7 Å². The molecule has 0 aliphatic carbocycles. The lowest BCUT2D eigenvalue weighted by Crippen LogP contribution is -2.40. The van der Waals surface area contributed by atoms with Gasteiger partial charge in [0, 0.05) is 34.0 Å². The summed E-state index contributed by atoms with van der Waals surface area (Å²) in [5.74, 6) is -3.92. The molecule has 0 radical (unpaired) electrons. The van der Waals surface area contributed by atoms with Crippen LogP contribution >= 0.6 is 0 Å². The average Bonchev–Trinajstić information content (AvgIpc) is 2.86. The Kier molecular flexibility index (Phi) is 2.65. The number of nitrogens with zero attached hydrogens (tertiary/aromatic N) is 1. The molecule has 0 heterocycles. The van der Waals surface area contributed by atoms with Crippen LogP contribution in [-0.4, -0.2) is 31.5 Å². The third-order valence-corrected chi connectivity index (χ3v) is 4.39. The number of benzene rings is 2. The number of hydrogen-bond donors (Lipinski definition) is 2. The lowest BCUT2D eigenvalue weighted by atomic mass is 10.1. The Bertz CT molecular complexity index is 1560. The van der Waals surface area contributed by atoms with Crippen molar-refractivity contribution in [1.29, 1.82) is 0 Å². The fourth-order valence-electron chi connectivity index (χ4n) is 2.26. The zero-order valence-electron chi connectivity index (χ0n) is 32.6. The first-order valence-corrected chi connectivity index (χ1v) is 9.14. The van der Waals surface area contributed by atoms with Crippen LogP contribution in [0.25, 0.3) is 0 Å². The fourth-order valence-corrected chi connectivity index (χ4v) is 2.96. The van der Waals surface area contributed by atoms with Crippen molar-refractivity contribution in [1.82, 2.24) is 0 Å². The van der Waals surface area contributed by atoms with Crippen LogP contribution in [0.3, 0.4) is 0 Å². The first kappa shape index (κ1) is 8.28. The molecule has 0 aliphatic rings. The van der Waals surface area contributed by atoms with Crippen LogP contribution in [0.5, 0.6) is 11.5 Å². The van der Waals surface area contributed by atoms with Gasteiger partial charge in [-0.15, -0.1) is 0 Å². The number of carboxylic acid groups (broad SMARTS) is 1. The number of ether oxygens (including phenoxy) is 1. The summed E-state index contributed by atoms with van der Waals surface area (Å²) in [5, 5.41) is 15.1. The van der Waals surface area contributed by atoms with Crippen molar-refractivity contribution in [3.63, 3.8) is 0 Å². The molecule has 2 unspecified atom stereocenters. The highest BCUT2D eigenvalue weighted by Crippen LogP contribution is 2.41. The van der Waals surface area contributed by atoms with E-state index >= 15 is 0 Å². The lowest BCUT2D eigenvalue weighted by Gasteiger charge is -2.37. The number of hydrogen-bond acceptors (Lipinski definition) is 5. The molecule has 0 spiro atoms. The summed E-state index contributed by atoms with van der Waals surface area (Å²) < 4.78 is 178. The van der Waals surface area contributed by atoms with E-state index < -0.39 is 101 Å². The van der Waals surface area contributed by atoms with Gasteiger partial charge in [0.25, 0.3) is 0 Å². The van der Waals surface area contributed by atoms with Gasteiger partial charge >= 0.3 is 5.97 Å². The molecule has 0 fully saturated rings. The summed E-state index contributed by atoms with van der Waals surface area (Å²) >= 11 is 0. The van der Waals surface area contributed by atoms with Gasteiger partial charge in [-0.3, -0.25) is 0 Å². The second-order valence-corrected chi connectivity index (χ2v) is 6.90. The molecule has 3 N–H and O–H groups in total. The van der Waals surface area contributed by atoms with E-state index in [1.807, 2.05) is 0 Å². The normalized spacial score (nSPS) is 27.6. The van der Waals surface area contributed by atoms with Crippen LogP contribution < -0.4 is 14.8 Å². The summed E-state index contributed by atoms with van der Waals surface area (Å²) in [6, 6.07) is -2.98. The van der Waals surface area contributed by atoms with Gasteiger partial charge in [0.1, 0.15) is 10.6 Å². The van der Waals surface area contributed by atoms with Gasteiger partial charge in [-0.05, 0) is 50.7 Å². The molecule has 0 aromatic heterocycles. The molecule has 2 aromatic rings. The van der Waals surface area contributed by atoms with Crippen LogP contribution in [0.2, 0.25) is 0 Å². The quantitative estimate of drug-likeness (QED) is 0.606. The van der Waals surface area contributed by atoms with Crippen molar-refractivity contribution >= 4 is 21.7 Å². The molecule has 0 saturated heterocycles. The first-order chi connectivity index (χ1) is 20.6.